The predicted octanol–water partition coefficient (Wildman–Crippen LogP) is 4.06. The topological polar surface area (TPSA) is 60.2 Å². The lowest BCUT2D eigenvalue weighted by atomic mass is 9.81. The van der Waals surface area contributed by atoms with E-state index in [2.05, 4.69) is 4.98 Å². The Hall–Kier alpha value is -3.29. The Kier molecular flexibility index (Phi) is 4.72. The number of rotatable bonds is 3. The molecule has 1 aromatic carbocycles. The zero-order valence-corrected chi connectivity index (χ0v) is 17.3. The molecule has 0 spiro atoms. The first kappa shape index (κ1) is 19.7. The lowest BCUT2D eigenvalue weighted by Gasteiger charge is -2.45. The van der Waals surface area contributed by atoms with Gasteiger partial charge in [0.1, 0.15) is 17.4 Å². The smallest absolute Gasteiger partial charge is 0.256 e. The van der Waals surface area contributed by atoms with Crippen LogP contribution in [-0.2, 0) is 13.5 Å². The summed E-state index contributed by atoms with van der Waals surface area (Å²) in [5.41, 5.74) is 3.42. The number of amides is 1. The molecule has 31 heavy (non-hydrogen) atoms. The molecule has 5 rings (SSSR count). The maximum Gasteiger partial charge on any atom is 0.256 e. The minimum absolute atomic E-state index is 0.00805. The molecule has 2 atom stereocenters. The van der Waals surface area contributed by atoms with E-state index in [1.54, 1.807) is 30.2 Å². The van der Waals surface area contributed by atoms with Crippen LogP contribution in [0.25, 0.3) is 11.3 Å². The molecule has 160 valence electrons. The standard InChI is InChI=1S/C23H22F2N4O2/c1-28-22(13-6-15(24)9-16(25)7-13)19-10-17-4-3-5-20(21(19)27-28)29(17)23(30)14-8-18(31-2)12-26-11-14/h6-9,11-12,17,20H,3-5,10H2,1-2H3. The Morgan fingerprint density at radius 3 is 2.65 bits per heavy atom. The molecule has 2 bridgehead atoms. The van der Waals surface area contributed by atoms with Crippen molar-refractivity contribution >= 4 is 5.91 Å². The number of nitrogens with zero attached hydrogens (tertiary/aromatic N) is 4. The van der Waals surface area contributed by atoms with Crippen LogP contribution in [0.1, 0.15) is 46.9 Å². The molecule has 0 radical (unpaired) electrons. The van der Waals surface area contributed by atoms with Crippen LogP contribution in [0, 0.1) is 11.6 Å². The quantitative estimate of drug-likeness (QED) is 0.636. The summed E-state index contributed by atoms with van der Waals surface area (Å²) in [6, 6.07) is 5.03. The molecular weight excluding hydrogens is 402 g/mol. The minimum atomic E-state index is -0.622. The van der Waals surface area contributed by atoms with Gasteiger partial charge in [0.25, 0.3) is 5.91 Å². The van der Waals surface area contributed by atoms with Gasteiger partial charge in [0.2, 0.25) is 0 Å². The van der Waals surface area contributed by atoms with Crippen LogP contribution >= 0.6 is 0 Å². The third kappa shape index (κ3) is 3.26. The van der Waals surface area contributed by atoms with Crippen LogP contribution in [0.3, 0.4) is 0 Å². The molecule has 3 aromatic rings. The maximum absolute atomic E-state index is 13.9. The third-order valence-electron chi connectivity index (χ3n) is 6.24. The zero-order valence-electron chi connectivity index (χ0n) is 17.3. The normalized spacial score (nSPS) is 19.8. The van der Waals surface area contributed by atoms with Crippen molar-refractivity contribution in [3.05, 3.63) is 65.1 Å². The lowest BCUT2D eigenvalue weighted by Crippen LogP contribution is -2.49. The van der Waals surface area contributed by atoms with E-state index >= 15 is 0 Å². The molecule has 1 saturated heterocycles. The number of fused-ring (bicyclic) bond motifs is 4. The number of aryl methyl sites for hydroxylation is 1. The molecule has 1 fully saturated rings. The van der Waals surface area contributed by atoms with Gasteiger partial charge in [-0.3, -0.25) is 14.5 Å². The summed E-state index contributed by atoms with van der Waals surface area (Å²) in [5, 5.41) is 4.71. The number of carbonyl (C=O) groups excluding carboxylic acids is 1. The highest BCUT2D eigenvalue weighted by atomic mass is 19.1. The third-order valence-corrected chi connectivity index (χ3v) is 6.24. The van der Waals surface area contributed by atoms with Gasteiger partial charge in [-0.05, 0) is 43.9 Å². The van der Waals surface area contributed by atoms with Crippen molar-refractivity contribution in [2.75, 3.05) is 7.11 Å². The van der Waals surface area contributed by atoms with Gasteiger partial charge >= 0.3 is 0 Å². The summed E-state index contributed by atoms with van der Waals surface area (Å²) in [7, 11) is 3.32. The number of hydrogen-bond acceptors (Lipinski definition) is 4. The summed E-state index contributed by atoms with van der Waals surface area (Å²) in [6.45, 7) is 0. The Labute approximate surface area is 178 Å². The Morgan fingerprint density at radius 1 is 1.13 bits per heavy atom. The monoisotopic (exact) mass is 424 g/mol. The highest BCUT2D eigenvalue weighted by molar-refractivity contribution is 5.95. The highest BCUT2D eigenvalue weighted by Gasteiger charge is 2.43. The summed E-state index contributed by atoms with van der Waals surface area (Å²) < 4.78 is 34.7. The van der Waals surface area contributed by atoms with Gasteiger partial charge in [0, 0.05) is 36.5 Å². The molecule has 2 aliphatic heterocycles. The van der Waals surface area contributed by atoms with E-state index < -0.39 is 11.6 Å². The SMILES string of the molecule is COc1cncc(C(=O)N2C3CCCC2c2nn(C)c(-c4cc(F)cc(F)c4)c2C3)c1. The molecule has 2 aromatic heterocycles. The van der Waals surface area contributed by atoms with Crippen LogP contribution in [0.15, 0.2) is 36.7 Å². The number of pyridine rings is 1. The van der Waals surface area contributed by atoms with Crippen molar-refractivity contribution in [3.8, 4) is 17.0 Å². The Balaban J connectivity index is 1.58. The fourth-order valence-electron chi connectivity index (χ4n) is 5.00. The molecular formula is C23H22F2N4O2. The van der Waals surface area contributed by atoms with Crippen molar-refractivity contribution in [1.82, 2.24) is 19.7 Å². The van der Waals surface area contributed by atoms with Crippen LogP contribution in [0.4, 0.5) is 8.78 Å². The van der Waals surface area contributed by atoms with E-state index in [9.17, 15) is 13.6 Å². The number of ether oxygens (including phenoxy) is 1. The number of benzene rings is 1. The van der Waals surface area contributed by atoms with Crippen molar-refractivity contribution in [3.63, 3.8) is 0 Å². The number of hydrogen-bond donors (Lipinski definition) is 0. The average molecular weight is 424 g/mol. The molecule has 2 unspecified atom stereocenters. The van der Waals surface area contributed by atoms with E-state index in [4.69, 9.17) is 9.84 Å². The molecule has 2 aliphatic rings. The molecule has 6 nitrogen and oxygen atoms in total. The summed E-state index contributed by atoms with van der Waals surface area (Å²) in [6.07, 6.45) is 6.36. The van der Waals surface area contributed by atoms with Gasteiger partial charge in [-0.2, -0.15) is 5.10 Å². The van der Waals surface area contributed by atoms with Gasteiger partial charge in [0.05, 0.1) is 36.3 Å². The molecule has 0 saturated carbocycles. The van der Waals surface area contributed by atoms with Gasteiger partial charge < -0.3 is 9.64 Å². The maximum atomic E-state index is 13.9. The van der Waals surface area contributed by atoms with Crippen molar-refractivity contribution in [2.24, 2.45) is 7.05 Å². The van der Waals surface area contributed by atoms with Crippen LogP contribution in [0.2, 0.25) is 0 Å². The lowest BCUT2D eigenvalue weighted by molar-refractivity contribution is 0.0391. The van der Waals surface area contributed by atoms with Gasteiger partial charge in [-0.15, -0.1) is 0 Å². The molecule has 8 heteroatoms. The fourth-order valence-corrected chi connectivity index (χ4v) is 5.00. The largest absolute Gasteiger partial charge is 0.495 e. The predicted molar refractivity (Wildman–Crippen MR) is 110 cm³/mol. The average Bonchev–Trinajstić information content (AvgIpc) is 3.07. The second-order valence-corrected chi connectivity index (χ2v) is 8.12. The number of aromatic nitrogens is 3. The first-order valence-corrected chi connectivity index (χ1v) is 10.3. The van der Waals surface area contributed by atoms with Gasteiger partial charge in [-0.25, -0.2) is 8.78 Å². The fraction of sp³-hybridized carbons (Fsp3) is 0.348. The van der Waals surface area contributed by atoms with E-state index in [1.807, 2.05) is 4.90 Å². The van der Waals surface area contributed by atoms with Crippen molar-refractivity contribution < 1.29 is 18.3 Å². The summed E-state index contributed by atoms with van der Waals surface area (Å²) >= 11 is 0. The zero-order chi connectivity index (χ0) is 21.7. The minimum Gasteiger partial charge on any atom is -0.495 e. The summed E-state index contributed by atoms with van der Waals surface area (Å²) in [5.74, 6) is -0.815. The number of piperidine rings is 1. The van der Waals surface area contributed by atoms with Crippen molar-refractivity contribution in [1.29, 1.82) is 0 Å². The van der Waals surface area contributed by atoms with Gasteiger partial charge in [0.15, 0.2) is 0 Å². The number of carbonyl (C=O) groups is 1. The van der Waals surface area contributed by atoms with Crippen molar-refractivity contribution in [2.45, 2.75) is 37.8 Å². The summed E-state index contributed by atoms with van der Waals surface area (Å²) in [4.78, 5) is 19.5. The van der Waals surface area contributed by atoms with E-state index in [0.717, 1.165) is 36.6 Å². The Morgan fingerprint density at radius 2 is 1.90 bits per heavy atom. The molecule has 4 heterocycles. The number of halogens is 2. The molecule has 0 aliphatic carbocycles. The van der Waals surface area contributed by atoms with Crippen LogP contribution < -0.4 is 4.74 Å². The van der Waals surface area contributed by atoms with Crippen LogP contribution in [-0.4, -0.2) is 38.7 Å². The van der Waals surface area contributed by atoms with Gasteiger partial charge in [-0.1, -0.05) is 0 Å². The number of methoxy groups -OCH3 is 1. The molecule has 0 N–H and O–H groups in total. The highest BCUT2D eigenvalue weighted by Crippen LogP contribution is 2.45. The first-order valence-electron chi connectivity index (χ1n) is 10.3. The van der Waals surface area contributed by atoms with E-state index in [-0.39, 0.29) is 18.0 Å². The second kappa shape index (κ2) is 7.44. The van der Waals surface area contributed by atoms with E-state index in [1.165, 1.54) is 19.2 Å². The Bertz CT molecular complexity index is 1160. The first-order chi connectivity index (χ1) is 15.0. The molecule has 1 amide bonds. The second-order valence-electron chi connectivity index (χ2n) is 8.12. The van der Waals surface area contributed by atoms with Crippen LogP contribution in [0.5, 0.6) is 5.75 Å². The van der Waals surface area contributed by atoms with E-state index in [0.29, 0.717) is 29.0 Å².